The quantitative estimate of drug-likeness (QED) is 0.347. The smallest absolute Gasteiger partial charge is 0.144 e. The largest absolute Gasteiger partial charge is 0.494 e. The molecule has 4 nitrogen and oxygen atoms in total. The second-order valence-corrected chi connectivity index (χ2v) is 10.4. The number of hydrogen-bond acceptors (Lipinski definition) is 3. The van der Waals surface area contributed by atoms with Crippen molar-refractivity contribution in [1.29, 1.82) is 0 Å². The Bertz CT molecular complexity index is 1220. The Morgan fingerprint density at radius 2 is 1.42 bits per heavy atom. The molecule has 0 aliphatic rings. The molecule has 0 aliphatic heterocycles. The predicted octanol–water partition coefficient (Wildman–Crippen LogP) is 6.03. The van der Waals surface area contributed by atoms with Gasteiger partial charge in [0.25, 0.3) is 0 Å². The first-order chi connectivity index (χ1) is 14.5. The molecule has 4 rings (SSSR count). The van der Waals surface area contributed by atoms with E-state index >= 15 is 0 Å². The number of benzene rings is 3. The zero-order chi connectivity index (χ0) is 21.1. The summed E-state index contributed by atoms with van der Waals surface area (Å²) < 4.78 is 13.0. The van der Waals surface area contributed by atoms with Crippen LogP contribution in [0.1, 0.15) is 11.4 Å². The lowest BCUT2D eigenvalue weighted by Gasteiger charge is -2.22. The average Bonchev–Trinajstić information content (AvgIpc) is 3.09. The SMILES string of the molecule is COc1ccccc1N=P(C)(c1ccccc1)c1c(C)nn(-c2ccccc2)c1C.Cl. The molecule has 0 aliphatic carbocycles. The van der Waals surface area contributed by atoms with E-state index in [1.54, 1.807) is 7.11 Å². The number of halogens is 1. The second kappa shape index (κ2) is 9.55. The first-order valence-corrected chi connectivity index (χ1v) is 12.1. The minimum absolute atomic E-state index is 0. The molecule has 0 saturated carbocycles. The molecule has 1 atom stereocenters. The van der Waals surface area contributed by atoms with E-state index < -0.39 is 7.05 Å². The molecule has 0 fully saturated rings. The number of aryl methyl sites for hydroxylation is 1. The third kappa shape index (κ3) is 4.32. The standard InChI is InChI=1S/C25H26N3OP.ClH/c1-19-25(20(2)28(26-19)21-13-7-5-8-14-21)30(4,22-15-9-6-10-16-22)27-23-17-11-12-18-24(23)29-3;/h5-18H,1-4H3;1H. The number of aromatic nitrogens is 2. The van der Waals surface area contributed by atoms with Crippen LogP contribution in [0.15, 0.2) is 89.7 Å². The van der Waals surface area contributed by atoms with E-state index in [0.29, 0.717) is 0 Å². The van der Waals surface area contributed by atoms with Gasteiger partial charge >= 0.3 is 0 Å². The van der Waals surface area contributed by atoms with E-state index in [1.165, 1.54) is 10.6 Å². The van der Waals surface area contributed by atoms with Crippen molar-refractivity contribution in [3.63, 3.8) is 0 Å². The van der Waals surface area contributed by atoms with Crippen molar-refractivity contribution in [1.82, 2.24) is 9.78 Å². The van der Waals surface area contributed by atoms with Crippen molar-refractivity contribution in [2.75, 3.05) is 13.8 Å². The third-order valence-electron chi connectivity index (χ3n) is 5.34. The zero-order valence-electron chi connectivity index (χ0n) is 18.2. The molecule has 1 heterocycles. The second-order valence-electron chi connectivity index (χ2n) is 7.33. The number of para-hydroxylation sites is 2. The van der Waals surface area contributed by atoms with Crippen molar-refractivity contribution in [2.45, 2.75) is 13.8 Å². The number of hydrogen-bond donors (Lipinski definition) is 0. The molecule has 0 spiro atoms. The van der Waals surface area contributed by atoms with E-state index in [0.717, 1.165) is 28.5 Å². The van der Waals surface area contributed by atoms with Crippen LogP contribution in [-0.2, 0) is 0 Å². The van der Waals surface area contributed by atoms with Crippen molar-refractivity contribution in [3.05, 3.63) is 96.3 Å². The molecule has 0 saturated heterocycles. The van der Waals surface area contributed by atoms with E-state index in [1.807, 2.05) is 53.2 Å². The van der Waals surface area contributed by atoms with Crippen LogP contribution in [0.5, 0.6) is 5.75 Å². The summed E-state index contributed by atoms with van der Waals surface area (Å²) in [4.78, 5) is 0. The van der Waals surface area contributed by atoms with Gasteiger partial charge in [-0.15, -0.1) is 12.4 Å². The van der Waals surface area contributed by atoms with Gasteiger partial charge in [-0.1, -0.05) is 60.7 Å². The first kappa shape index (κ1) is 22.9. The van der Waals surface area contributed by atoms with E-state index in [-0.39, 0.29) is 12.4 Å². The highest BCUT2D eigenvalue weighted by Crippen LogP contribution is 2.49. The topological polar surface area (TPSA) is 39.4 Å². The van der Waals surface area contributed by atoms with Crippen LogP contribution < -0.4 is 15.3 Å². The predicted molar refractivity (Wildman–Crippen MR) is 134 cm³/mol. The fourth-order valence-electron chi connectivity index (χ4n) is 3.97. The van der Waals surface area contributed by atoms with Gasteiger partial charge in [-0.05, 0) is 50.1 Å². The average molecular weight is 452 g/mol. The molecule has 0 bridgehead atoms. The number of rotatable bonds is 5. The lowest BCUT2D eigenvalue weighted by atomic mass is 10.3. The van der Waals surface area contributed by atoms with Gasteiger partial charge in [0.05, 0.1) is 24.2 Å². The Hall–Kier alpha value is -2.81. The fraction of sp³-hybridized carbons (Fsp3) is 0.160. The van der Waals surface area contributed by atoms with Crippen LogP contribution in [-0.4, -0.2) is 23.6 Å². The molecule has 31 heavy (non-hydrogen) atoms. The Morgan fingerprint density at radius 1 is 0.839 bits per heavy atom. The molecule has 1 unspecified atom stereocenters. The molecular weight excluding hydrogens is 425 g/mol. The Balaban J connectivity index is 0.00000272. The molecule has 0 amide bonds. The Kier molecular flexibility index (Phi) is 7.04. The summed E-state index contributed by atoms with van der Waals surface area (Å²) in [5, 5.41) is 7.34. The minimum Gasteiger partial charge on any atom is -0.494 e. The number of methoxy groups -OCH3 is 1. The maximum atomic E-state index is 5.60. The van der Waals surface area contributed by atoms with Crippen molar-refractivity contribution >= 4 is 35.8 Å². The highest BCUT2D eigenvalue weighted by molar-refractivity contribution is 7.80. The maximum absolute atomic E-state index is 5.60. The van der Waals surface area contributed by atoms with Gasteiger partial charge in [0.2, 0.25) is 0 Å². The molecule has 3 aromatic carbocycles. The third-order valence-corrected chi connectivity index (χ3v) is 8.78. The van der Waals surface area contributed by atoms with E-state index in [2.05, 4.69) is 56.9 Å². The lowest BCUT2D eigenvalue weighted by Crippen LogP contribution is -2.19. The van der Waals surface area contributed by atoms with Crippen LogP contribution in [0, 0.1) is 13.8 Å². The minimum atomic E-state index is -2.15. The van der Waals surface area contributed by atoms with Crippen LogP contribution in [0.3, 0.4) is 0 Å². The molecule has 4 aromatic rings. The Labute approximate surface area is 190 Å². The summed E-state index contributed by atoms with van der Waals surface area (Å²) in [6.07, 6.45) is 0. The lowest BCUT2D eigenvalue weighted by molar-refractivity contribution is 0.416. The van der Waals surface area contributed by atoms with Crippen molar-refractivity contribution in [2.24, 2.45) is 4.74 Å². The van der Waals surface area contributed by atoms with Gasteiger partial charge in [0, 0.05) is 12.4 Å². The van der Waals surface area contributed by atoms with Gasteiger partial charge < -0.3 is 4.74 Å². The van der Waals surface area contributed by atoms with Crippen LogP contribution in [0.4, 0.5) is 5.69 Å². The molecule has 1 aromatic heterocycles. The zero-order valence-corrected chi connectivity index (χ0v) is 19.9. The number of nitrogens with zero attached hydrogens (tertiary/aromatic N) is 3. The molecule has 0 N–H and O–H groups in total. The molecule has 6 heteroatoms. The fourth-order valence-corrected chi connectivity index (χ4v) is 7.19. The summed E-state index contributed by atoms with van der Waals surface area (Å²) in [5.74, 6) is 0.783. The van der Waals surface area contributed by atoms with E-state index in [4.69, 9.17) is 14.6 Å². The van der Waals surface area contributed by atoms with Crippen molar-refractivity contribution in [3.8, 4) is 11.4 Å². The monoisotopic (exact) mass is 451 g/mol. The van der Waals surface area contributed by atoms with Crippen LogP contribution in [0.2, 0.25) is 0 Å². The molecule has 160 valence electrons. The first-order valence-electron chi connectivity index (χ1n) is 9.95. The highest BCUT2D eigenvalue weighted by atomic mass is 35.5. The van der Waals surface area contributed by atoms with Gasteiger partial charge in [0.1, 0.15) is 11.4 Å². The van der Waals surface area contributed by atoms with Gasteiger partial charge in [0.15, 0.2) is 0 Å². The summed E-state index contributed by atoms with van der Waals surface area (Å²) in [6, 6.07) is 28.8. The Morgan fingerprint density at radius 3 is 2.06 bits per heavy atom. The summed E-state index contributed by atoms with van der Waals surface area (Å²) >= 11 is 0. The summed E-state index contributed by atoms with van der Waals surface area (Å²) in [7, 11) is -0.458. The highest BCUT2D eigenvalue weighted by Gasteiger charge is 2.28. The van der Waals surface area contributed by atoms with Gasteiger partial charge in [-0.2, -0.15) is 5.10 Å². The number of ether oxygens (including phenoxy) is 1. The normalized spacial score (nSPS) is 12.5. The van der Waals surface area contributed by atoms with Crippen LogP contribution in [0.25, 0.3) is 5.69 Å². The summed E-state index contributed by atoms with van der Waals surface area (Å²) in [5.41, 5.74) is 4.05. The van der Waals surface area contributed by atoms with Crippen molar-refractivity contribution < 1.29 is 4.74 Å². The summed E-state index contributed by atoms with van der Waals surface area (Å²) in [6.45, 7) is 6.49. The van der Waals surface area contributed by atoms with Gasteiger partial charge in [-0.3, -0.25) is 4.74 Å². The molecular formula is C25H27ClN3OP. The van der Waals surface area contributed by atoms with Gasteiger partial charge in [-0.25, -0.2) is 4.68 Å². The maximum Gasteiger partial charge on any atom is 0.144 e. The van der Waals surface area contributed by atoms with Crippen LogP contribution >= 0.6 is 19.5 Å². The van der Waals surface area contributed by atoms with E-state index in [9.17, 15) is 0 Å². The molecule has 0 radical (unpaired) electrons.